The number of anilines is 4. The van der Waals surface area contributed by atoms with Crippen molar-refractivity contribution in [3.63, 3.8) is 0 Å². The molecule has 6 nitrogen and oxygen atoms in total. The van der Waals surface area contributed by atoms with Crippen LogP contribution >= 0.6 is 0 Å². The van der Waals surface area contributed by atoms with E-state index in [1.54, 1.807) is 6.20 Å². The van der Waals surface area contributed by atoms with Crippen molar-refractivity contribution >= 4 is 23.1 Å². The second-order valence-electron chi connectivity index (χ2n) is 6.49. The fourth-order valence-corrected chi connectivity index (χ4v) is 3.22. The van der Waals surface area contributed by atoms with Crippen molar-refractivity contribution in [2.45, 2.75) is 39.5 Å². The summed E-state index contributed by atoms with van der Waals surface area (Å²) in [6.07, 6.45) is 6.40. The van der Waals surface area contributed by atoms with Gasteiger partial charge in [-0.05, 0) is 49.9 Å². The smallest absolute Gasteiger partial charge is 0.247 e. The molecule has 0 saturated carbocycles. The lowest BCUT2D eigenvalue weighted by Crippen LogP contribution is -2.27. The minimum absolute atomic E-state index is 0.697. The molecule has 134 valence electrons. The topological polar surface area (TPSA) is 57.2 Å². The Kier molecular flexibility index (Phi) is 6.04. The predicted octanol–water partition coefficient (Wildman–Crippen LogP) is 3.84. The van der Waals surface area contributed by atoms with E-state index in [1.807, 2.05) is 0 Å². The Morgan fingerprint density at radius 3 is 2.36 bits per heavy atom. The zero-order valence-corrected chi connectivity index (χ0v) is 15.3. The van der Waals surface area contributed by atoms with E-state index in [0.29, 0.717) is 5.95 Å². The molecule has 1 aromatic carbocycles. The summed E-state index contributed by atoms with van der Waals surface area (Å²) in [6.45, 7) is 8.56. The molecule has 6 heteroatoms. The van der Waals surface area contributed by atoms with Crippen LogP contribution in [0.5, 0.6) is 0 Å². The van der Waals surface area contributed by atoms with Gasteiger partial charge in [0, 0.05) is 37.6 Å². The van der Waals surface area contributed by atoms with Crippen LogP contribution in [0.25, 0.3) is 0 Å². The van der Waals surface area contributed by atoms with Crippen LogP contribution in [0.15, 0.2) is 30.5 Å². The van der Waals surface area contributed by atoms with E-state index < -0.39 is 0 Å². The largest absolute Gasteiger partial charge is 0.372 e. The number of benzene rings is 1. The Morgan fingerprint density at radius 1 is 1.04 bits per heavy atom. The summed E-state index contributed by atoms with van der Waals surface area (Å²) in [5.41, 5.74) is 2.31. The number of nitrogens with one attached hydrogen (secondary N) is 1. The number of hydrogen-bond acceptors (Lipinski definition) is 6. The molecule has 1 N–H and O–H groups in total. The zero-order chi connectivity index (χ0) is 17.5. The van der Waals surface area contributed by atoms with Gasteiger partial charge in [-0.25, -0.2) is 0 Å². The van der Waals surface area contributed by atoms with Crippen molar-refractivity contribution in [3.05, 3.63) is 30.5 Å². The maximum absolute atomic E-state index is 4.64. The quantitative estimate of drug-likeness (QED) is 0.788. The highest BCUT2D eigenvalue weighted by Crippen LogP contribution is 2.23. The standard InChI is InChI=1S/C19H28N6/c1-3-11-25(12-4-2)19-22-18(15-20-23-19)21-16-7-9-17(10-8-16)24-13-5-6-14-24/h7-10,15H,3-6,11-14H2,1-2H3,(H,21,22,23). The third-order valence-corrected chi connectivity index (χ3v) is 4.43. The zero-order valence-electron chi connectivity index (χ0n) is 15.3. The molecule has 0 bridgehead atoms. The number of hydrogen-bond donors (Lipinski definition) is 1. The third-order valence-electron chi connectivity index (χ3n) is 4.43. The van der Waals surface area contributed by atoms with Crippen LogP contribution in [-0.4, -0.2) is 41.4 Å². The van der Waals surface area contributed by atoms with Gasteiger partial charge in [0.05, 0.1) is 6.20 Å². The summed E-state index contributed by atoms with van der Waals surface area (Å²) in [6, 6.07) is 8.55. The van der Waals surface area contributed by atoms with Gasteiger partial charge in [-0.3, -0.25) is 0 Å². The van der Waals surface area contributed by atoms with Gasteiger partial charge in [0.2, 0.25) is 5.95 Å². The molecule has 3 rings (SSSR count). The average molecular weight is 340 g/mol. The van der Waals surface area contributed by atoms with Crippen LogP contribution in [0, 0.1) is 0 Å². The monoisotopic (exact) mass is 340 g/mol. The lowest BCUT2D eigenvalue weighted by atomic mass is 10.2. The SMILES string of the molecule is CCCN(CCC)c1nncc(Nc2ccc(N3CCCC3)cc2)n1. The molecule has 0 amide bonds. The van der Waals surface area contributed by atoms with Gasteiger partial charge < -0.3 is 15.1 Å². The van der Waals surface area contributed by atoms with Crippen LogP contribution in [0.1, 0.15) is 39.5 Å². The minimum atomic E-state index is 0.697. The number of nitrogens with zero attached hydrogens (tertiary/aromatic N) is 5. The summed E-state index contributed by atoms with van der Waals surface area (Å²) >= 11 is 0. The van der Waals surface area contributed by atoms with E-state index in [2.05, 4.69) is 68.4 Å². The Hall–Kier alpha value is -2.37. The Morgan fingerprint density at radius 2 is 1.72 bits per heavy atom. The third kappa shape index (κ3) is 4.59. The minimum Gasteiger partial charge on any atom is -0.372 e. The molecule has 1 aliphatic heterocycles. The van der Waals surface area contributed by atoms with E-state index in [-0.39, 0.29) is 0 Å². The van der Waals surface area contributed by atoms with E-state index >= 15 is 0 Å². The van der Waals surface area contributed by atoms with Gasteiger partial charge in [0.1, 0.15) is 0 Å². The Bertz CT molecular complexity index is 645. The highest BCUT2D eigenvalue weighted by molar-refractivity contribution is 5.61. The fourth-order valence-electron chi connectivity index (χ4n) is 3.22. The summed E-state index contributed by atoms with van der Waals surface area (Å²) in [5.74, 6) is 1.43. The van der Waals surface area contributed by atoms with Gasteiger partial charge in [0.15, 0.2) is 5.82 Å². The highest BCUT2D eigenvalue weighted by Gasteiger charge is 2.12. The van der Waals surface area contributed by atoms with Crippen LogP contribution < -0.4 is 15.1 Å². The molecule has 0 spiro atoms. The van der Waals surface area contributed by atoms with Gasteiger partial charge >= 0.3 is 0 Å². The second-order valence-corrected chi connectivity index (χ2v) is 6.49. The van der Waals surface area contributed by atoms with Crippen molar-refractivity contribution in [2.75, 3.05) is 41.3 Å². The van der Waals surface area contributed by atoms with E-state index in [4.69, 9.17) is 0 Å². The second kappa shape index (κ2) is 8.65. The molecule has 1 aliphatic rings. The molecule has 0 unspecified atom stereocenters. The molecule has 0 radical (unpaired) electrons. The average Bonchev–Trinajstić information content (AvgIpc) is 3.17. The normalized spacial score (nSPS) is 13.9. The summed E-state index contributed by atoms with van der Waals surface area (Å²) < 4.78 is 0. The first-order valence-corrected chi connectivity index (χ1v) is 9.37. The molecule has 2 heterocycles. The molecule has 1 fully saturated rings. The highest BCUT2D eigenvalue weighted by atomic mass is 15.3. The summed E-state index contributed by atoms with van der Waals surface area (Å²) in [4.78, 5) is 9.26. The molecule has 2 aromatic rings. The van der Waals surface area contributed by atoms with E-state index in [1.165, 1.54) is 18.5 Å². The van der Waals surface area contributed by atoms with Crippen molar-refractivity contribution in [2.24, 2.45) is 0 Å². The lowest BCUT2D eigenvalue weighted by Gasteiger charge is -2.21. The van der Waals surface area contributed by atoms with Gasteiger partial charge in [-0.1, -0.05) is 13.8 Å². The molecule has 0 aliphatic carbocycles. The fraction of sp³-hybridized carbons (Fsp3) is 0.526. The first kappa shape index (κ1) is 17.5. The van der Waals surface area contributed by atoms with E-state index in [9.17, 15) is 0 Å². The Balaban J connectivity index is 1.68. The number of rotatable bonds is 8. The van der Waals surface area contributed by atoms with Crippen molar-refractivity contribution in [3.8, 4) is 0 Å². The number of aromatic nitrogens is 3. The van der Waals surface area contributed by atoms with Gasteiger partial charge in [-0.2, -0.15) is 10.1 Å². The maximum Gasteiger partial charge on any atom is 0.247 e. The van der Waals surface area contributed by atoms with Crippen molar-refractivity contribution in [1.82, 2.24) is 15.2 Å². The maximum atomic E-state index is 4.64. The molecule has 1 aromatic heterocycles. The van der Waals surface area contributed by atoms with Crippen LogP contribution in [-0.2, 0) is 0 Å². The lowest BCUT2D eigenvalue weighted by molar-refractivity contribution is 0.711. The van der Waals surface area contributed by atoms with Crippen LogP contribution in [0.3, 0.4) is 0 Å². The molecular weight excluding hydrogens is 312 g/mol. The first-order valence-electron chi connectivity index (χ1n) is 9.37. The van der Waals surface area contributed by atoms with Crippen LogP contribution in [0.2, 0.25) is 0 Å². The Labute approximate surface area is 150 Å². The molecule has 25 heavy (non-hydrogen) atoms. The predicted molar refractivity (Wildman–Crippen MR) is 104 cm³/mol. The van der Waals surface area contributed by atoms with E-state index in [0.717, 1.165) is 50.5 Å². The van der Waals surface area contributed by atoms with Gasteiger partial charge in [-0.15, -0.1) is 5.10 Å². The van der Waals surface area contributed by atoms with Crippen molar-refractivity contribution in [1.29, 1.82) is 0 Å². The van der Waals surface area contributed by atoms with Gasteiger partial charge in [0.25, 0.3) is 0 Å². The summed E-state index contributed by atoms with van der Waals surface area (Å²) in [7, 11) is 0. The van der Waals surface area contributed by atoms with Crippen LogP contribution in [0.4, 0.5) is 23.1 Å². The van der Waals surface area contributed by atoms with Crippen molar-refractivity contribution < 1.29 is 0 Å². The first-order chi connectivity index (χ1) is 12.3. The molecule has 1 saturated heterocycles. The summed E-state index contributed by atoms with van der Waals surface area (Å²) in [5, 5.41) is 11.7. The molecular formula is C19H28N6. The molecule has 0 atom stereocenters.